The summed E-state index contributed by atoms with van der Waals surface area (Å²) in [7, 11) is 0. The van der Waals surface area contributed by atoms with Crippen LogP contribution >= 0.6 is 0 Å². The zero-order valence-corrected chi connectivity index (χ0v) is 13.2. The molecule has 2 fully saturated rings. The summed E-state index contributed by atoms with van der Waals surface area (Å²) in [4.78, 5) is 25.8. The fourth-order valence-electron chi connectivity index (χ4n) is 3.04. The van der Waals surface area contributed by atoms with E-state index in [0.29, 0.717) is 25.4 Å². The predicted octanol–water partition coefficient (Wildman–Crippen LogP) is 1.82. The van der Waals surface area contributed by atoms with Gasteiger partial charge in [-0.15, -0.1) is 0 Å². The molecule has 0 aromatic heterocycles. The first-order valence-electron chi connectivity index (χ1n) is 8.12. The third kappa shape index (κ3) is 4.21. The van der Waals surface area contributed by atoms with Gasteiger partial charge in [0, 0.05) is 25.0 Å². The van der Waals surface area contributed by atoms with E-state index >= 15 is 0 Å². The Bertz CT molecular complexity index is 586. The fourth-order valence-corrected chi connectivity index (χ4v) is 3.04. The first-order valence-corrected chi connectivity index (χ1v) is 8.12. The van der Waals surface area contributed by atoms with E-state index in [9.17, 15) is 14.0 Å². The van der Waals surface area contributed by atoms with Crippen molar-refractivity contribution >= 4 is 11.9 Å². The molecule has 0 bridgehead atoms. The molecule has 0 spiro atoms. The van der Waals surface area contributed by atoms with Gasteiger partial charge in [0.05, 0.1) is 6.04 Å². The van der Waals surface area contributed by atoms with E-state index in [2.05, 4.69) is 10.6 Å². The summed E-state index contributed by atoms with van der Waals surface area (Å²) in [5, 5.41) is 5.75. The van der Waals surface area contributed by atoms with Crippen molar-refractivity contribution in [2.45, 2.75) is 50.7 Å². The number of nitrogens with zero attached hydrogens (tertiary/aromatic N) is 1. The van der Waals surface area contributed by atoms with Gasteiger partial charge in [0.2, 0.25) is 5.91 Å². The van der Waals surface area contributed by atoms with Crippen molar-refractivity contribution in [2.24, 2.45) is 0 Å². The first kappa shape index (κ1) is 15.8. The van der Waals surface area contributed by atoms with Gasteiger partial charge in [-0.25, -0.2) is 9.18 Å². The summed E-state index contributed by atoms with van der Waals surface area (Å²) in [5.74, 6) is -0.129. The van der Waals surface area contributed by atoms with Crippen LogP contribution in [0, 0.1) is 5.82 Å². The molecule has 1 aromatic rings. The van der Waals surface area contributed by atoms with E-state index in [-0.39, 0.29) is 29.8 Å². The van der Waals surface area contributed by atoms with Crippen LogP contribution in [-0.2, 0) is 11.2 Å². The van der Waals surface area contributed by atoms with Crippen LogP contribution in [0.15, 0.2) is 24.3 Å². The normalized spacial score (nSPS) is 22.1. The topological polar surface area (TPSA) is 61.4 Å². The molecule has 1 saturated heterocycles. The second kappa shape index (κ2) is 6.56. The second-order valence-corrected chi connectivity index (χ2v) is 6.53. The van der Waals surface area contributed by atoms with Crippen LogP contribution in [-0.4, -0.2) is 41.5 Å². The summed E-state index contributed by atoms with van der Waals surface area (Å²) >= 11 is 0. The lowest BCUT2D eigenvalue weighted by Gasteiger charge is -2.18. The van der Waals surface area contributed by atoms with Gasteiger partial charge < -0.3 is 15.5 Å². The summed E-state index contributed by atoms with van der Waals surface area (Å²) in [6, 6.07) is 6.23. The highest BCUT2D eigenvalue weighted by molar-refractivity contribution is 5.82. The van der Waals surface area contributed by atoms with Crippen molar-refractivity contribution in [3.05, 3.63) is 35.6 Å². The van der Waals surface area contributed by atoms with Crippen molar-refractivity contribution < 1.29 is 14.0 Å². The average molecular weight is 319 g/mol. The average Bonchev–Trinajstić information content (AvgIpc) is 3.26. The Labute approximate surface area is 135 Å². The lowest BCUT2D eigenvalue weighted by atomic mass is 10.1. The number of halogens is 1. The van der Waals surface area contributed by atoms with Crippen LogP contribution in [0.5, 0.6) is 0 Å². The number of benzene rings is 1. The number of nitrogens with one attached hydrogen (secondary N) is 2. The predicted molar refractivity (Wildman–Crippen MR) is 84.4 cm³/mol. The molecule has 23 heavy (non-hydrogen) atoms. The summed E-state index contributed by atoms with van der Waals surface area (Å²) in [6.45, 7) is 2.52. The Morgan fingerprint density at radius 1 is 1.35 bits per heavy atom. The maximum Gasteiger partial charge on any atom is 0.315 e. The molecule has 3 rings (SSSR count). The van der Waals surface area contributed by atoms with Crippen molar-refractivity contribution in [1.29, 1.82) is 0 Å². The number of hydrogen-bond donors (Lipinski definition) is 2. The molecule has 2 aliphatic rings. The number of likely N-dealkylation sites (tertiary alicyclic amines) is 1. The highest BCUT2D eigenvalue weighted by Crippen LogP contribution is 2.30. The lowest BCUT2D eigenvalue weighted by molar-refractivity contribution is -0.128. The van der Waals surface area contributed by atoms with Crippen LogP contribution < -0.4 is 10.6 Å². The van der Waals surface area contributed by atoms with Gasteiger partial charge in [-0.2, -0.15) is 0 Å². The van der Waals surface area contributed by atoms with Gasteiger partial charge in [-0.1, -0.05) is 12.1 Å². The van der Waals surface area contributed by atoms with Gasteiger partial charge in [-0.3, -0.25) is 4.79 Å². The van der Waals surface area contributed by atoms with Gasteiger partial charge in [0.1, 0.15) is 5.82 Å². The molecule has 0 radical (unpaired) electrons. The van der Waals surface area contributed by atoms with E-state index in [0.717, 1.165) is 18.4 Å². The first-order chi connectivity index (χ1) is 11.0. The van der Waals surface area contributed by atoms with Crippen molar-refractivity contribution in [1.82, 2.24) is 15.5 Å². The van der Waals surface area contributed by atoms with E-state index in [1.54, 1.807) is 12.1 Å². The molecule has 3 amide bonds. The third-order valence-corrected chi connectivity index (χ3v) is 4.31. The summed E-state index contributed by atoms with van der Waals surface area (Å²) in [5.41, 5.74) is 0.968. The van der Waals surface area contributed by atoms with Crippen LogP contribution in [0.1, 0.15) is 31.7 Å². The molecule has 124 valence electrons. The molecule has 2 atom stereocenters. The number of rotatable bonds is 5. The zero-order chi connectivity index (χ0) is 16.4. The van der Waals surface area contributed by atoms with Crippen molar-refractivity contribution in [3.63, 3.8) is 0 Å². The van der Waals surface area contributed by atoms with Crippen LogP contribution in [0.4, 0.5) is 9.18 Å². The smallest absolute Gasteiger partial charge is 0.315 e. The van der Waals surface area contributed by atoms with Gasteiger partial charge in [0.25, 0.3) is 0 Å². The Morgan fingerprint density at radius 3 is 2.70 bits per heavy atom. The number of carbonyl (C=O) groups is 2. The maximum atomic E-state index is 12.9. The van der Waals surface area contributed by atoms with Crippen molar-refractivity contribution in [3.8, 4) is 0 Å². The molecule has 2 N–H and O–H groups in total. The number of hydrogen-bond acceptors (Lipinski definition) is 2. The summed E-state index contributed by atoms with van der Waals surface area (Å²) in [6.07, 6.45) is 3.18. The molecular weight excluding hydrogens is 297 g/mol. The van der Waals surface area contributed by atoms with E-state index < -0.39 is 0 Å². The lowest BCUT2D eigenvalue weighted by Crippen LogP contribution is -2.46. The molecule has 5 nitrogen and oxygen atoms in total. The van der Waals surface area contributed by atoms with Gasteiger partial charge in [0.15, 0.2) is 0 Å². The Hall–Kier alpha value is -2.11. The molecule has 6 heteroatoms. The van der Waals surface area contributed by atoms with E-state index in [1.165, 1.54) is 12.1 Å². The van der Waals surface area contributed by atoms with Gasteiger partial charge >= 0.3 is 6.03 Å². The van der Waals surface area contributed by atoms with E-state index in [4.69, 9.17) is 0 Å². The molecule has 1 aliphatic carbocycles. The minimum absolute atomic E-state index is 0.0721. The molecule has 1 aromatic carbocycles. The fraction of sp³-hybridized carbons (Fsp3) is 0.529. The zero-order valence-electron chi connectivity index (χ0n) is 13.2. The minimum atomic E-state index is -0.266. The minimum Gasteiger partial charge on any atom is -0.338 e. The van der Waals surface area contributed by atoms with E-state index in [1.807, 2.05) is 11.8 Å². The molecule has 1 aliphatic heterocycles. The van der Waals surface area contributed by atoms with Crippen LogP contribution in [0.25, 0.3) is 0 Å². The Balaban J connectivity index is 1.43. The third-order valence-electron chi connectivity index (χ3n) is 4.31. The van der Waals surface area contributed by atoms with Gasteiger partial charge in [-0.05, 0) is 43.9 Å². The molecule has 1 saturated carbocycles. The Kier molecular flexibility index (Phi) is 4.50. The number of carbonyl (C=O) groups excluding carboxylic acids is 2. The number of urea groups is 1. The Morgan fingerprint density at radius 2 is 2.04 bits per heavy atom. The molecular formula is C17H22FN3O2. The quantitative estimate of drug-likeness (QED) is 0.870. The standard InChI is InChI=1S/C17H22FN3O2/c1-11(8-12-2-4-13(18)5-3-12)19-17(23)20-14-9-16(22)21(10-14)15-6-7-15/h2-5,11,14-15H,6-10H2,1H3,(H2,19,20,23)/t11-,14-/m0/s1. The van der Waals surface area contributed by atoms with Crippen LogP contribution in [0.2, 0.25) is 0 Å². The second-order valence-electron chi connectivity index (χ2n) is 6.53. The SMILES string of the molecule is C[C@@H](Cc1ccc(F)cc1)NC(=O)N[C@H]1CC(=O)N(C2CC2)C1. The van der Waals surface area contributed by atoms with Crippen LogP contribution in [0.3, 0.4) is 0 Å². The maximum absolute atomic E-state index is 12.9. The molecule has 0 unspecified atom stereocenters. The highest BCUT2D eigenvalue weighted by Gasteiger charge is 2.39. The molecule has 1 heterocycles. The monoisotopic (exact) mass is 319 g/mol. The largest absolute Gasteiger partial charge is 0.338 e. The number of amides is 3. The summed E-state index contributed by atoms with van der Waals surface area (Å²) < 4.78 is 12.9. The highest BCUT2D eigenvalue weighted by atomic mass is 19.1. The van der Waals surface area contributed by atoms with Crippen molar-refractivity contribution in [2.75, 3.05) is 6.54 Å².